The van der Waals surface area contributed by atoms with Gasteiger partial charge in [0.05, 0.1) is 0 Å². The van der Waals surface area contributed by atoms with Crippen LogP contribution in [0.3, 0.4) is 0 Å². The van der Waals surface area contributed by atoms with E-state index in [2.05, 4.69) is 4.90 Å². The summed E-state index contributed by atoms with van der Waals surface area (Å²) in [5, 5.41) is 4.73. The second kappa shape index (κ2) is 3.22. The van der Waals surface area contributed by atoms with E-state index < -0.39 is 10.0 Å². The Bertz CT molecular complexity index is 279. The normalized spacial score (nSPS) is 26.8. The fourth-order valence-electron chi connectivity index (χ4n) is 1.92. The van der Waals surface area contributed by atoms with E-state index in [1.807, 2.05) is 0 Å². The summed E-state index contributed by atoms with van der Waals surface area (Å²) in [5.41, 5.74) is 0. The molecule has 2 N–H and O–H groups in total. The quantitative estimate of drug-likeness (QED) is 0.690. The number of rotatable bonds is 3. The fraction of sp³-hybridized carbons (Fsp3) is 1.00. The molecule has 0 atom stereocenters. The van der Waals surface area contributed by atoms with E-state index in [0.717, 1.165) is 12.5 Å². The van der Waals surface area contributed by atoms with E-state index in [4.69, 9.17) is 5.14 Å². The molecular formula is C8H16N2O2S. The van der Waals surface area contributed by atoms with Gasteiger partial charge in [-0.15, -0.1) is 0 Å². The van der Waals surface area contributed by atoms with E-state index in [9.17, 15) is 8.42 Å². The molecule has 2 rings (SSSR count). The fourth-order valence-corrected chi connectivity index (χ4v) is 2.76. The topological polar surface area (TPSA) is 63.4 Å². The molecule has 1 aliphatic carbocycles. The molecule has 1 saturated carbocycles. The zero-order valence-corrected chi connectivity index (χ0v) is 8.46. The van der Waals surface area contributed by atoms with Crippen LogP contribution in [-0.4, -0.2) is 38.2 Å². The highest BCUT2D eigenvalue weighted by atomic mass is 32.2. The van der Waals surface area contributed by atoms with Crippen molar-refractivity contribution in [2.24, 2.45) is 11.1 Å². The molecular weight excluding hydrogens is 188 g/mol. The molecule has 0 aromatic rings. The summed E-state index contributed by atoms with van der Waals surface area (Å²) in [7, 11) is -3.27. The zero-order chi connectivity index (χ0) is 9.47. The van der Waals surface area contributed by atoms with Gasteiger partial charge < -0.3 is 4.90 Å². The molecule has 76 valence electrons. The van der Waals surface area contributed by atoms with Gasteiger partial charge in [-0.2, -0.15) is 0 Å². The Morgan fingerprint density at radius 3 is 2.31 bits per heavy atom. The minimum atomic E-state index is -3.27. The SMILES string of the molecule is NS(=O)(=O)C1CN(CC2CCC2)C1. The molecule has 5 heteroatoms. The van der Waals surface area contributed by atoms with Crippen LogP contribution in [0.5, 0.6) is 0 Å². The van der Waals surface area contributed by atoms with Gasteiger partial charge >= 0.3 is 0 Å². The highest BCUT2D eigenvalue weighted by Crippen LogP contribution is 2.29. The van der Waals surface area contributed by atoms with Gasteiger partial charge in [0.2, 0.25) is 10.0 Å². The minimum absolute atomic E-state index is 0.299. The number of nitrogens with two attached hydrogens (primary N) is 1. The summed E-state index contributed by atoms with van der Waals surface area (Å²) in [6.07, 6.45) is 3.98. The van der Waals surface area contributed by atoms with E-state index in [1.54, 1.807) is 0 Å². The van der Waals surface area contributed by atoms with Crippen molar-refractivity contribution in [2.75, 3.05) is 19.6 Å². The Hall–Kier alpha value is -0.130. The summed E-state index contributed by atoms with van der Waals surface area (Å²) in [5.74, 6) is 0.821. The lowest BCUT2D eigenvalue weighted by atomic mass is 9.84. The van der Waals surface area contributed by atoms with Crippen LogP contribution in [0.2, 0.25) is 0 Å². The third-order valence-corrected chi connectivity index (χ3v) is 4.36. The molecule has 0 amide bonds. The lowest BCUT2D eigenvalue weighted by molar-refractivity contribution is 0.123. The Labute approximate surface area is 79.1 Å². The molecule has 1 heterocycles. The third-order valence-electron chi connectivity index (χ3n) is 3.13. The number of sulfonamides is 1. The van der Waals surface area contributed by atoms with Crippen molar-refractivity contribution in [3.8, 4) is 0 Å². The van der Waals surface area contributed by atoms with Crippen LogP contribution >= 0.6 is 0 Å². The van der Waals surface area contributed by atoms with Crippen LogP contribution in [0.15, 0.2) is 0 Å². The number of hydrogen-bond acceptors (Lipinski definition) is 3. The van der Waals surface area contributed by atoms with Gasteiger partial charge in [0.1, 0.15) is 5.25 Å². The van der Waals surface area contributed by atoms with Crippen molar-refractivity contribution >= 4 is 10.0 Å². The van der Waals surface area contributed by atoms with Crippen molar-refractivity contribution in [3.05, 3.63) is 0 Å². The summed E-state index contributed by atoms with van der Waals surface area (Å²) in [4.78, 5) is 2.19. The van der Waals surface area contributed by atoms with Crippen molar-refractivity contribution in [3.63, 3.8) is 0 Å². The highest BCUT2D eigenvalue weighted by Gasteiger charge is 2.36. The number of nitrogens with zero attached hydrogens (tertiary/aromatic N) is 1. The lowest BCUT2D eigenvalue weighted by Crippen LogP contribution is -2.57. The smallest absolute Gasteiger partial charge is 0.214 e. The van der Waals surface area contributed by atoms with Gasteiger partial charge in [0.25, 0.3) is 0 Å². The van der Waals surface area contributed by atoms with Crippen LogP contribution in [0.25, 0.3) is 0 Å². The highest BCUT2D eigenvalue weighted by molar-refractivity contribution is 7.89. The standard InChI is InChI=1S/C8H16N2O2S/c9-13(11,12)8-5-10(6-8)4-7-2-1-3-7/h7-8H,1-6H2,(H2,9,11,12). The number of hydrogen-bond donors (Lipinski definition) is 1. The summed E-state index contributed by atoms with van der Waals surface area (Å²) < 4.78 is 21.8. The first kappa shape index (κ1) is 9.43. The van der Waals surface area contributed by atoms with E-state index in [1.165, 1.54) is 19.3 Å². The summed E-state index contributed by atoms with van der Waals surface area (Å²) in [6.45, 7) is 2.37. The van der Waals surface area contributed by atoms with Gasteiger partial charge in [-0.1, -0.05) is 6.42 Å². The maximum atomic E-state index is 10.9. The zero-order valence-electron chi connectivity index (χ0n) is 7.65. The van der Waals surface area contributed by atoms with Gasteiger partial charge in [-0.05, 0) is 18.8 Å². The molecule has 0 bridgehead atoms. The van der Waals surface area contributed by atoms with Crippen molar-refractivity contribution < 1.29 is 8.42 Å². The molecule has 0 aromatic heterocycles. The molecule has 2 aliphatic rings. The van der Waals surface area contributed by atoms with Crippen LogP contribution in [-0.2, 0) is 10.0 Å². The van der Waals surface area contributed by atoms with E-state index in [-0.39, 0.29) is 5.25 Å². The number of primary sulfonamides is 1. The molecule has 0 unspecified atom stereocenters. The molecule has 13 heavy (non-hydrogen) atoms. The summed E-state index contributed by atoms with van der Waals surface area (Å²) in [6, 6.07) is 0. The van der Waals surface area contributed by atoms with Crippen molar-refractivity contribution in [2.45, 2.75) is 24.5 Å². The summed E-state index contributed by atoms with van der Waals surface area (Å²) >= 11 is 0. The van der Waals surface area contributed by atoms with Crippen LogP contribution in [0, 0.1) is 5.92 Å². The average molecular weight is 204 g/mol. The lowest BCUT2D eigenvalue weighted by Gasteiger charge is -2.41. The molecule has 1 aliphatic heterocycles. The minimum Gasteiger partial charge on any atom is -0.300 e. The molecule has 0 aromatic carbocycles. The van der Waals surface area contributed by atoms with Crippen LogP contribution in [0.1, 0.15) is 19.3 Å². The molecule has 1 saturated heterocycles. The van der Waals surface area contributed by atoms with Gasteiger partial charge in [-0.25, -0.2) is 13.6 Å². The van der Waals surface area contributed by atoms with Crippen LogP contribution < -0.4 is 5.14 Å². The van der Waals surface area contributed by atoms with Gasteiger partial charge in [-0.3, -0.25) is 0 Å². The monoisotopic (exact) mass is 204 g/mol. The Kier molecular flexibility index (Phi) is 2.33. The average Bonchev–Trinajstić information content (AvgIpc) is 1.76. The molecule has 2 fully saturated rings. The third kappa shape index (κ3) is 2.03. The first-order valence-electron chi connectivity index (χ1n) is 4.79. The first-order chi connectivity index (χ1) is 6.05. The Balaban J connectivity index is 1.72. The Morgan fingerprint density at radius 2 is 1.92 bits per heavy atom. The maximum Gasteiger partial charge on any atom is 0.214 e. The Morgan fingerprint density at radius 1 is 1.31 bits per heavy atom. The second-order valence-corrected chi connectivity index (χ2v) is 6.07. The van der Waals surface area contributed by atoms with Crippen LogP contribution in [0.4, 0.5) is 0 Å². The van der Waals surface area contributed by atoms with E-state index in [0.29, 0.717) is 13.1 Å². The van der Waals surface area contributed by atoms with Crippen molar-refractivity contribution in [1.29, 1.82) is 0 Å². The number of likely N-dealkylation sites (tertiary alicyclic amines) is 1. The predicted octanol–water partition coefficient (Wildman–Crippen LogP) is -0.241. The first-order valence-corrected chi connectivity index (χ1v) is 6.40. The largest absolute Gasteiger partial charge is 0.300 e. The maximum absolute atomic E-state index is 10.9. The predicted molar refractivity (Wildman–Crippen MR) is 50.7 cm³/mol. The van der Waals surface area contributed by atoms with E-state index >= 15 is 0 Å². The molecule has 4 nitrogen and oxygen atoms in total. The second-order valence-electron chi connectivity index (χ2n) is 4.23. The molecule has 0 radical (unpaired) electrons. The van der Waals surface area contributed by atoms with Crippen molar-refractivity contribution in [1.82, 2.24) is 4.90 Å². The van der Waals surface area contributed by atoms with Gasteiger partial charge in [0.15, 0.2) is 0 Å². The van der Waals surface area contributed by atoms with Gasteiger partial charge in [0, 0.05) is 19.6 Å². The molecule has 0 spiro atoms.